The van der Waals surface area contributed by atoms with Crippen LogP contribution in [-0.4, -0.2) is 48.5 Å². The number of piperidine rings is 1. The maximum absolute atomic E-state index is 12.9. The Bertz CT molecular complexity index is 376. The SMILES string of the molecule is CCOC(=O)C12CCCC(C1=O)[N+](CC)(CC)CC2. The molecule has 2 rings (SSSR count). The number of Topliss-reactive ketones (excluding diaryl/α,β-unsaturated/α-hetero) is 1. The van der Waals surface area contributed by atoms with Crippen molar-refractivity contribution >= 4 is 11.8 Å². The summed E-state index contributed by atoms with van der Waals surface area (Å²) in [6, 6.07) is 0.0157. The number of ether oxygens (including phenoxy) is 1. The second-order valence-corrected chi connectivity index (χ2v) is 5.90. The highest BCUT2D eigenvalue weighted by Gasteiger charge is 2.61. The van der Waals surface area contributed by atoms with Crippen LogP contribution in [0.25, 0.3) is 0 Å². The Balaban J connectivity index is 2.32. The van der Waals surface area contributed by atoms with Gasteiger partial charge in [0.25, 0.3) is 0 Å². The molecule has 1 saturated carbocycles. The molecule has 0 N–H and O–H groups in total. The Morgan fingerprint density at radius 1 is 1.32 bits per heavy atom. The average molecular weight is 268 g/mol. The van der Waals surface area contributed by atoms with Crippen molar-refractivity contribution in [2.45, 2.75) is 52.5 Å². The van der Waals surface area contributed by atoms with Gasteiger partial charge in [-0.2, -0.15) is 0 Å². The number of carbonyl (C=O) groups excluding carboxylic acids is 2. The quantitative estimate of drug-likeness (QED) is 0.444. The summed E-state index contributed by atoms with van der Waals surface area (Å²) in [5.74, 6) is -0.109. The van der Waals surface area contributed by atoms with Crippen LogP contribution in [0.4, 0.5) is 0 Å². The number of ketones is 1. The summed E-state index contributed by atoms with van der Waals surface area (Å²) in [6.45, 7) is 9.37. The number of hydrogen-bond donors (Lipinski definition) is 0. The van der Waals surface area contributed by atoms with E-state index in [0.29, 0.717) is 19.4 Å². The Labute approximate surface area is 115 Å². The van der Waals surface area contributed by atoms with Crippen molar-refractivity contribution in [2.24, 2.45) is 5.41 Å². The fourth-order valence-corrected chi connectivity index (χ4v) is 4.07. The molecule has 108 valence electrons. The van der Waals surface area contributed by atoms with Crippen LogP contribution in [0.1, 0.15) is 46.5 Å². The van der Waals surface area contributed by atoms with E-state index < -0.39 is 5.41 Å². The van der Waals surface area contributed by atoms with Crippen LogP contribution in [0.15, 0.2) is 0 Å². The van der Waals surface area contributed by atoms with Gasteiger partial charge in [-0.15, -0.1) is 0 Å². The van der Waals surface area contributed by atoms with Gasteiger partial charge in [-0.3, -0.25) is 9.59 Å². The standard InChI is InChI=1S/C15H26NO3/c1-4-16(5-2)11-10-15(14(18)19-6-3)9-7-8-12(16)13(15)17/h12H,4-11H2,1-3H3/q+1. The summed E-state index contributed by atoms with van der Waals surface area (Å²) in [5, 5.41) is 0. The predicted molar refractivity (Wildman–Crippen MR) is 72.5 cm³/mol. The Kier molecular flexibility index (Phi) is 4.00. The normalized spacial score (nSPS) is 33.0. The zero-order valence-corrected chi connectivity index (χ0v) is 12.4. The van der Waals surface area contributed by atoms with Gasteiger partial charge in [0.05, 0.1) is 26.2 Å². The largest absolute Gasteiger partial charge is 0.465 e. The summed E-state index contributed by atoms with van der Waals surface area (Å²) < 4.78 is 6.06. The van der Waals surface area contributed by atoms with Crippen LogP contribution >= 0.6 is 0 Å². The summed E-state index contributed by atoms with van der Waals surface area (Å²) in [5.41, 5.74) is -0.814. The number of nitrogens with zero attached hydrogens (tertiary/aromatic N) is 1. The lowest BCUT2D eigenvalue weighted by Gasteiger charge is -2.53. The average Bonchev–Trinajstić information content (AvgIpc) is 2.40. The van der Waals surface area contributed by atoms with Gasteiger partial charge in [0.15, 0.2) is 0 Å². The summed E-state index contributed by atoms with van der Waals surface area (Å²) in [7, 11) is 0. The Morgan fingerprint density at radius 2 is 2.00 bits per heavy atom. The highest BCUT2D eigenvalue weighted by Crippen LogP contribution is 2.45. The third-order valence-corrected chi connectivity index (χ3v) is 5.43. The lowest BCUT2D eigenvalue weighted by Crippen LogP contribution is -2.69. The second kappa shape index (κ2) is 5.23. The lowest BCUT2D eigenvalue weighted by molar-refractivity contribution is -0.944. The molecule has 1 heterocycles. The van der Waals surface area contributed by atoms with Gasteiger partial charge in [0.2, 0.25) is 5.78 Å². The van der Waals surface area contributed by atoms with Crippen molar-refractivity contribution in [3.8, 4) is 0 Å². The van der Waals surface area contributed by atoms with E-state index in [1.54, 1.807) is 6.92 Å². The third kappa shape index (κ3) is 2.00. The number of likely N-dealkylation sites (tertiary alicyclic amines) is 1. The first kappa shape index (κ1) is 14.5. The van der Waals surface area contributed by atoms with Gasteiger partial charge < -0.3 is 9.22 Å². The number of carbonyl (C=O) groups is 2. The summed E-state index contributed by atoms with van der Waals surface area (Å²) in [4.78, 5) is 25.1. The fourth-order valence-electron chi connectivity index (χ4n) is 4.07. The van der Waals surface area contributed by atoms with E-state index in [1.165, 1.54) is 0 Å². The van der Waals surface area contributed by atoms with Crippen LogP contribution in [0.5, 0.6) is 0 Å². The van der Waals surface area contributed by atoms with Crippen molar-refractivity contribution in [3.63, 3.8) is 0 Å². The van der Waals surface area contributed by atoms with Crippen molar-refractivity contribution in [1.82, 2.24) is 0 Å². The predicted octanol–water partition coefficient (Wildman–Crippen LogP) is 1.92. The zero-order valence-electron chi connectivity index (χ0n) is 12.4. The molecule has 4 nitrogen and oxygen atoms in total. The molecule has 0 amide bonds. The molecule has 0 spiro atoms. The first-order valence-corrected chi connectivity index (χ1v) is 7.63. The molecule has 1 aliphatic carbocycles. The highest BCUT2D eigenvalue weighted by molar-refractivity contribution is 6.06. The molecule has 1 saturated heterocycles. The van der Waals surface area contributed by atoms with E-state index >= 15 is 0 Å². The molecular weight excluding hydrogens is 242 g/mol. The van der Waals surface area contributed by atoms with Gasteiger partial charge in [0, 0.05) is 12.8 Å². The molecule has 0 aromatic heterocycles. The molecule has 2 atom stereocenters. The minimum absolute atomic E-state index is 0.0157. The molecular formula is C15H26NO3+. The van der Waals surface area contributed by atoms with Crippen LogP contribution in [0.3, 0.4) is 0 Å². The van der Waals surface area contributed by atoms with E-state index in [9.17, 15) is 9.59 Å². The molecule has 0 aromatic carbocycles. The fraction of sp³-hybridized carbons (Fsp3) is 0.867. The maximum atomic E-state index is 12.9. The van der Waals surface area contributed by atoms with Gasteiger partial charge in [0.1, 0.15) is 11.5 Å². The molecule has 2 aliphatic rings. The molecule has 2 unspecified atom stereocenters. The van der Waals surface area contributed by atoms with Crippen LogP contribution in [0.2, 0.25) is 0 Å². The zero-order chi connectivity index (χ0) is 14.1. The molecule has 2 bridgehead atoms. The van der Waals surface area contributed by atoms with E-state index in [2.05, 4.69) is 13.8 Å². The molecule has 19 heavy (non-hydrogen) atoms. The van der Waals surface area contributed by atoms with E-state index in [4.69, 9.17) is 4.74 Å². The number of fused-ring (bicyclic) bond motifs is 2. The molecule has 4 heteroatoms. The number of hydrogen-bond acceptors (Lipinski definition) is 3. The summed E-state index contributed by atoms with van der Waals surface area (Å²) >= 11 is 0. The lowest BCUT2D eigenvalue weighted by atomic mass is 9.65. The Hall–Kier alpha value is -0.900. The van der Waals surface area contributed by atoms with Gasteiger partial charge >= 0.3 is 5.97 Å². The first-order chi connectivity index (χ1) is 9.06. The van der Waals surface area contributed by atoms with Crippen LogP contribution in [0, 0.1) is 5.41 Å². The molecule has 2 fully saturated rings. The second-order valence-electron chi connectivity index (χ2n) is 5.90. The van der Waals surface area contributed by atoms with Crippen molar-refractivity contribution < 1.29 is 18.8 Å². The smallest absolute Gasteiger partial charge is 0.320 e. The van der Waals surface area contributed by atoms with E-state index in [1.807, 2.05) is 0 Å². The maximum Gasteiger partial charge on any atom is 0.320 e. The van der Waals surface area contributed by atoms with Gasteiger partial charge in [-0.05, 0) is 33.6 Å². The highest BCUT2D eigenvalue weighted by atomic mass is 16.5. The van der Waals surface area contributed by atoms with E-state index in [-0.39, 0.29) is 17.8 Å². The monoisotopic (exact) mass is 268 g/mol. The number of quaternary nitrogens is 1. The van der Waals surface area contributed by atoms with E-state index in [0.717, 1.165) is 37.0 Å². The van der Waals surface area contributed by atoms with Crippen molar-refractivity contribution in [2.75, 3.05) is 26.2 Å². The first-order valence-electron chi connectivity index (χ1n) is 7.63. The molecule has 0 radical (unpaired) electrons. The van der Waals surface area contributed by atoms with Crippen LogP contribution in [-0.2, 0) is 14.3 Å². The van der Waals surface area contributed by atoms with Crippen LogP contribution < -0.4 is 0 Å². The number of rotatable bonds is 4. The topological polar surface area (TPSA) is 43.4 Å². The minimum Gasteiger partial charge on any atom is -0.465 e. The molecule has 0 aromatic rings. The molecule has 1 aliphatic heterocycles. The number of likely N-dealkylation sites (N-methyl/N-ethyl adjacent to an activating group) is 1. The minimum atomic E-state index is -0.814. The number of esters is 1. The van der Waals surface area contributed by atoms with Gasteiger partial charge in [-0.1, -0.05) is 0 Å². The Morgan fingerprint density at radius 3 is 2.58 bits per heavy atom. The van der Waals surface area contributed by atoms with Crippen molar-refractivity contribution in [3.05, 3.63) is 0 Å². The summed E-state index contributed by atoms with van der Waals surface area (Å²) in [6.07, 6.45) is 3.26. The van der Waals surface area contributed by atoms with Gasteiger partial charge in [-0.25, -0.2) is 0 Å². The third-order valence-electron chi connectivity index (χ3n) is 5.43. The van der Waals surface area contributed by atoms with Crippen molar-refractivity contribution in [1.29, 1.82) is 0 Å².